The van der Waals surface area contributed by atoms with Gasteiger partial charge in [-0.2, -0.15) is 0 Å². The molecular formula is C20H17FN4O2. The van der Waals surface area contributed by atoms with E-state index in [4.69, 9.17) is 0 Å². The molecule has 0 aliphatic carbocycles. The maximum atomic E-state index is 13.1. The fourth-order valence-electron chi connectivity index (χ4n) is 3.31. The summed E-state index contributed by atoms with van der Waals surface area (Å²) < 4.78 is 13.1. The first-order valence-electron chi connectivity index (χ1n) is 8.58. The molecule has 3 aromatic rings. The van der Waals surface area contributed by atoms with Gasteiger partial charge in [-0.05, 0) is 54.0 Å². The molecule has 0 bridgehead atoms. The SMILES string of the molecule is O=CNc1cc(C2=CCN(C(=O)c3ccc(F)cc3)CC2)c2cc[nH]c2n1. The molecule has 136 valence electrons. The lowest BCUT2D eigenvalue weighted by atomic mass is 9.97. The number of H-pyrrole nitrogens is 1. The molecule has 7 heteroatoms. The van der Waals surface area contributed by atoms with Gasteiger partial charge in [0.15, 0.2) is 0 Å². The highest BCUT2D eigenvalue weighted by molar-refractivity contribution is 5.96. The Morgan fingerprint density at radius 1 is 1.26 bits per heavy atom. The Kier molecular flexibility index (Phi) is 4.42. The quantitative estimate of drug-likeness (QED) is 0.698. The Morgan fingerprint density at radius 2 is 2.07 bits per heavy atom. The average Bonchev–Trinajstić information content (AvgIpc) is 3.16. The van der Waals surface area contributed by atoms with Crippen molar-refractivity contribution in [3.63, 3.8) is 0 Å². The fraction of sp³-hybridized carbons (Fsp3) is 0.150. The zero-order chi connectivity index (χ0) is 18.8. The third-order valence-corrected chi connectivity index (χ3v) is 4.67. The van der Waals surface area contributed by atoms with Crippen molar-refractivity contribution in [2.24, 2.45) is 0 Å². The van der Waals surface area contributed by atoms with E-state index in [9.17, 15) is 14.0 Å². The van der Waals surface area contributed by atoms with Gasteiger partial charge in [0.25, 0.3) is 5.91 Å². The van der Waals surface area contributed by atoms with Gasteiger partial charge < -0.3 is 15.2 Å². The molecule has 1 aromatic carbocycles. The molecule has 1 aliphatic heterocycles. The number of aromatic nitrogens is 2. The highest BCUT2D eigenvalue weighted by atomic mass is 19.1. The third-order valence-electron chi connectivity index (χ3n) is 4.67. The number of halogens is 1. The van der Waals surface area contributed by atoms with Gasteiger partial charge in [-0.25, -0.2) is 9.37 Å². The van der Waals surface area contributed by atoms with E-state index in [1.807, 2.05) is 18.2 Å². The Balaban J connectivity index is 1.59. The molecular weight excluding hydrogens is 347 g/mol. The second-order valence-electron chi connectivity index (χ2n) is 6.29. The Hall–Kier alpha value is -3.48. The van der Waals surface area contributed by atoms with Crippen molar-refractivity contribution in [2.45, 2.75) is 6.42 Å². The van der Waals surface area contributed by atoms with Crippen LogP contribution in [0.5, 0.6) is 0 Å². The number of benzene rings is 1. The molecule has 0 spiro atoms. The number of carbonyl (C=O) groups is 2. The minimum Gasteiger partial charge on any atom is -0.346 e. The number of rotatable bonds is 4. The minimum absolute atomic E-state index is 0.116. The van der Waals surface area contributed by atoms with E-state index in [1.54, 1.807) is 11.1 Å². The lowest BCUT2D eigenvalue weighted by Gasteiger charge is -2.27. The van der Waals surface area contributed by atoms with Crippen molar-refractivity contribution in [2.75, 3.05) is 18.4 Å². The van der Waals surface area contributed by atoms with Gasteiger partial charge >= 0.3 is 0 Å². The molecule has 4 rings (SSSR count). The van der Waals surface area contributed by atoms with Crippen LogP contribution in [0.1, 0.15) is 22.3 Å². The molecule has 0 unspecified atom stereocenters. The number of hydrogen-bond donors (Lipinski definition) is 2. The molecule has 0 atom stereocenters. The van der Waals surface area contributed by atoms with Crippen LogP contribution in [0.15, 0.2) is 48.7 Å². The number of pyridine rings is 1. The maximum Gasteiger partial charge on any atom is 0.254 e. The first-order chi connectivity index (χ1) is 13.2. The molecule has 0 saturated carbocycles. The van der Waals surface area contributed by atoms with Crippen LogP contribution < -0.4 is 5.32 Å². The maximum absolute atomic E-state index is 13.1. The molecule has 0 radical (unpaired) electrons. The van der Waals surface area contributed by atoms with Crippen molar-refractivity contribution in [1.29, 1.82) is 0 Å². The van der Waals surface area contributed by atoms with Gasteiger partial charge in [-0.15, -0.1) is 0 Å². The molecule has 6 nitrogen and oxygen atoms in total. The Labute approximate surface area is 154 Å². The summed E-state index contributed by atoms with van der Waals surface area (Å²) in [4.78, 5) is 32.5. The van der Waals surface area contributed by atoms with Gasteiger partial charge in [0.2, 0.25) is 6.41 Å². The van der Waals surface area contributed by atoms with Crippen LogP contribution in [-0.2, 0) is 4.79 Å². The summed E-state index contributed by atoms with van der Waals surface area (Å²) in [5.41, 5.74) is 3.25. The summed E-state index contributed by atoms with van der Waals surface area (Å²) in [7, 11) is 0. The lowest BCUT2D eigenvalue weighted by molar-refractivity contribution is -0.105. The van der Waals surface area contributed by atoms with Crippen molar-refractivity contribution in [3.05, 3.63) is 65.6 Å². The molecule has 1 aliphatic rings. The number of fused-ring (bicyclic) bond motifs is 1. The predicted octanol–water partition coefficient (Wildman–Crippen LogP) is 3.20. The number of nitrogens with one attached hydrogen (secondary N) is 2. The van der Waals surface area contributed by atoms with Crippen molar-refractivity contribution >= 4 is 34.7 Å². The lowest BCUT2D eigenvalue weighted by Crippen LogP contribution is -2.34. The Morgan fingerprint density at radius 3 is 2.78 bits per heavy atom. The fourth-order valence-corrected chi connectivity index (χ4v) is 3.31. The molecule has 2 amide bonds. The molecule has 0 saturated heterocycles. The van der Waals surface area contributed by atoms with E-state index >= 15 is 0 Å². The Bertz CT molecular complexity index is 1040. The minimum atomic E-state index is -0.361. The summed E-state index contributed by atoms with van der Waals surface area (Å²) in [6.07, 6.45) is 5.09. The molecule has 3 heterocycles. The van der Waals surface area contributed by atoms with E-state index in [-0.39, 0.29) is 11.7 Å². The third kappa shape index (κ3) is 3.31. The van der Waals surface area contributed by atoms with E-state index in [1.165, 1.54) is 24.3 Å². The van der Waals surface area contributed by atoms with Gasteiger partial charge in [0, 0.05) is 30.2 Å². The molecule has 2 N–H and O–H groups in total. The summed E-state index contributed by atoms with van der Waals surface area (Å²) in [5, 5.41) is 3.56. The van der Waals surface area contributed by atoms with Crippen LogP contribution in [0.2, 0.25) is 0 Å². The number of aromatic amines is 1. The molecule has 0 fully saturated rings. The summed E-state index contributed by atoms with van der Waals surface area (Å²) in [5.74, 6) is -0.00359. The first kappa shape index (κ1) is 17.0. The van der Waals surface area contributed by atoms with Crippen molar-refractivity contribution < 1.29 is 14.0 Å². The normalized spacial score (nSPS) is 14.1. The predicted molar refractivity (Wildman–Crippen MR) is 101 cm³/mol. The highest BCUT2D eigenvalue weighted by Gasteiger charge is 2.21. The second-order valence-corrected chi connectivity index (χ2v) is 6.29. The summed E-state index contributed by atoms with van der Waals surface area (Å²) >= 11 is 0. The molecule has 2 aromatic heterocycles. The van der Waals surface area contributed by atoms with E-state index < -0.39 is 0 Å². The molecule has 27 heavy (non-hydrogen) atoms. The van der Waals surface area contributed by atoms with Crippen molar-refractivity contribution in [1.82, 2.24) is 14.9 Å². The van der Waals surface area contributed by atoms with Crippen LogP contribution in [0, 0.1) is 5.82 Å². The number of anilines is 1. The largest absolute Gasteiger partial charge is 0.346 e. The van der Waals surface area contributed by atoms with Gasteiger partial charge in [-0.1, -0.05) is 6.08 Å². The first-order valence-corrected chi connectivity index (χ1v) is 8.58. The summed E-state index contributed by atoms with van der Waals surface area (Å²) in [6.45, 7) is 1.03. The monoisotopic (exact) mass is 364 g/mol. The zero-order valence-corrected chi connectivity index (χ0v) is 14.4. The zero-order valence-electron chi connectivity index (χ0n) is 14.4. The van der Waals surface area contributed by atoms with Gasteiger partial charge in [0.05, 0.1) is 0 Å². The van der Waals surface area contributed by atoms with Crippen LogP contribution in [0.4, 0.5) is 10.2 Å². The topological polar surface area (TPSA) is 78.1 Å². The van der Waals surface area contributed by atoms with Crippen LogP contribution in [-0.4, -0.2) is 40.3 Å². The van der Waals surface area contributed by atoms with E-state index in [2.05, 4.69) is 15.3 Å². The van der Waals surface area contributed by atoms with Crippen LogP contribution >= 0.6 is 0 Å². The number of carbonyl (C=O) groups excluding carboxylic acids is 2. The smallest absolute Gasteiger partial charge is 0.254 e. The van der Waals surface area contributed by atoms with E-state index in [0.29, 0.717) is 42.9 Å². The second kappa shape index (κ2) is 7.03. The van der Waals surface area contributed by atoms with Gasteiger partial charge in [-0.3, -0.25) is 9.59 Å². The van der Waals surface area contributed by atoms with E-state index in [0.717, 1.165) is 16.5 Å². The van der Waals surface area contributed by atoms with Crippen molar-refractivity contribution in [3.8, 4) is 0 Å². The van der Waals surface area contributed by atoms with Crippen LogP contribution in [0.3, 0.4) is 0 Å². The standard InChI is InChI=1S/C20H17FN4O2/c21-15-3-1-14(2-4-15)20(27)25-9-6-13(7-10-25)17-11-18(23-12-26)24-19-16(17)5-8-22-19/h1-6,8,11-12H,7,9-10H2,(H2,22,23,24,26). The summed E-state index contributed by atoms with van der Waals surface area (Å²) in [6, 6.07) is 9.37. The average molecular weight is 364 g/mol. The number of amides is 2. The number of hydrogen-bond acceptors (Lipinski definition) is 3. The van der Waals surface area contributed by atoms with Gasteiger partial charge in [0.1, 0.15) is 17.3 Å². The number of nitrogens with zero attached hydrogens (tertiary/aromatic N) is 2. The van der Waals surface area contributed by atoms with Crippen LogP contribution in [0.25, 0.3) is 16.6 Å². The highest BCUT2D eigenvalue weighted by Crippen LogP contribution is 2.30.